The molecule has 1 aliphatic heterocycles. The zero-order chi connectivity index (χ0) is 30.4. The van der Waals surface area contributed by atoms with Crippen LogP contribution in [0.25, 0.3) is 27.8 Å². The van der Waals surface area contributed by atoms with Crippen molar-refractivity contribution in [3.05, 3.63) is 82.3 Å². The molecule has 0 radical (unpaired) electrons. The van der Waals surface area contributed by atoms with Crippen LogP contribution >= 0.6 is 24.8 Å². The van der Waals surface area contributed by atoms with Gasteiger partial charge in [0.15, 0.2) is 5.82 Å². The monoisotopic (exact) mass is 667 g/mol. The average molecular weight is 669 g/mol. The largest absolute Gasteiger partial charge is 0.460 e. The van der Waals surface area contributed by atoms with Crippen molar-refractivity contribution in [1.82, 2.24) is 34.6 Å². The van der Waals surface area contributed by atoms with Crippen LogP contribution in [-0.4, -0.2) is 47.9 Å². The van der Waals surface area contributed by atoms with Crippen LogP contribution in [0.2, 0.25) is 0 Å². The molecule has 0 unspecified atom stereocenters. The number of fused-ring (bicyclic) bond motifs is 1. The Hall–Kier alpha value is -4.59. The van der Waals surface area contributed by atoms with E-state index in [9.17, 15) is 9.59 Å². The van der Waals surface area contributed by atoms with Crippen molar-refractivity contribution in [3.8, 4) is 17.1 Å². The van der Waals surface area contributed by atoms with Crippen LogP contribution in [0.3, 0.4) is 0 Å². The van der Waals surface area contributed by atoms with E-state index in [1.165, 1.54) is 10.6 Å². The van der Waals surface area contributed by atoms with Gasteiger partial charge in [-0.25, -0.2) is 4.39 Å². The quantitative estimate of drug-likeness (QED) is 0.201. The lowest BCUT2D eigenvalue weighted by Crippen LogP contribution is -2.32. The Balaban J connectivity index is 0.00000208. The maximum atomic E-state index is 15.4. The molecule has 4 heterocycles. The molecule has 3 aromatic heterocycles. The van der Waals surface area contributed by atoms with E-state index in [1.54, 1.807) is 54.6 Å². The van der Waals surface area contributed by atoms with Crippen LogP contribution in [0.1, 0.15) is 42.7 Å². The highest BCUT2D eigenvalue weighted by molar-refractivity contribution is 5.86. The van der Waals surface area contributed by atoms with Gasteiger partial charge < -0.3 is 21.1 Å². The molecule has 7 rings (SSSR count). The number of aromatic nitrogens is 6. The van der Waals surface area contributed by atoms with E-state index < -0.39 is 23.4 Å². The van der Waals surface area contributed by atoms with Crippen molar-refractivity contribution >= 4 is 59.1 Å². The van der Waals surface area contributed by atoms with Gasteiger partial charge >= 0.3 is 5.97 Å². The summed E-state index contributed by atoms with van der Waals surface area (Å²) in [6.45, 7) is 0.548. The predicted molar refractivity (Wildman–Crippen MR) is 177 cm³/mol. The molecular formula is C31H32Cl2FN9O3. The number of halogens is 3. The van der Waals surface area contributed by atoms with E-state index in [1.807, 2.05) is 6.07 Å². The second-order valence-corrected chi connectivity index (χ2v) is 11.2. The van der Waals surface area contributed by atoms with Crippen LogP contribution in [0, 0.1) is 5.82 Å². The molecule has 15 heteroatoms. The van der Waals surface area contributed by atoms with E-state index >= 15 is 4.39 Å². The lowest BCUT2D eigenvalue weighted by molar-refractivity contribution is -0.147. The van der Waals surface area contributed by atoms with Crippen LogP contribution in [0.5, 0.6) is 0 Å². The second-order valence-electron chi connectivity index (χ2n) is 11.2. The van der Waals surface area contributed by atoms with Gasteiger partial charge in [0.2, 0.25) is 11.9 Å². The molecule has 2 fully saturated rings. The summed E-state index contributed by atoms with van der Waals surface area (Å²) in [7, 11) is 1.78. The van der Waals surface area contributed by atoms with Gasteiger partial charge in [-0.15, -0.1) is 24.8 Å². The van der Waals surface area contributed by atoms with E-state index in [4.69, 9.17) is 10.5 Å². The maximum absolute atomic E-state index is 15.4. The molecular weight excluding hydrogens is 636 g/mol. The summed E-state index contributed by atoms with van der Waals surface area (Å²) in [5, 5.41) is 10.9. The normalized spacial score (nSPS) is 15.7. The number of benzene rings is 2. The number of hydrogen-bond donors (Lipinski definition) is 3. The number of carbonyl (C=O) groups is 1. The minimum Gasteiger partial charge on any atom is -0.460 e. The van der Waals surface area contributed by atoms with Crippen LogP contribution in [-0.2, 0) is 23.2 Å². The molecule has 0 amide bonds. The Morgan fingerprint density at radius 2 is 1.98 bits per heavy atom. The molecule has 0 spiro atoms. The number of aryl methyl sites for hydroxylation is 1. The number of nitrogens with one attached hydrogen (secondary N) is 2. The third-order valence-corrected chi connectivity index (χ3v) is 8.00. The average Bonchev–Trinajstić information content (AvgIpc) is 3.55. The fourth-order valence-corrected chi connectivity index (χ4v) is 5.67. The molecule has 0 bridgehead atoms. The van der Waals surface area contributed by atoms with Crippen molar-refractivity contribution in [3.63, 3.8) is 0 Å². The van der Waals surface area contributed by atoms with Gasteiger partial charge in [0.05, 0.1) is 23.0 Å². The second kappa shape index (κ2) is 13.4. The fourth-order valence-electron chi connectivity index (χ4n) is 5.67. The summed E-state index contributed by atoms with van der Waals surface area (Å²) < 4.78 is 24.2. The predicted octanol–water partition coefficient (Wildman–Crippen LogP) is 4.56. The van der Waals surface area contributed by atoms with Gasteiger partial charge in [-0.05, 0) is 67.3 Å². The van der Waals surface area contributed by atoms with Crippen molar-refractivity contribution in [2.24, 2.45) is 7.05 Å². The van der Waals surface area contributed by atoms with Gasteiger partial charge in [0, 0.05) is 30.6 Å². The van der Waals surface area contributed by atoms with Crippen molar-refractivity contribution in [1.29, 1.82) is 0 Å². The highest BCUT2D eigenvalue weighted by atomic mass is 35.5. The summed E-state index contributed by atoms with van der Waals surface area (Å²) in [4.78, 5) is 39.9. The summed E-state index contributed by atoms with van der Waals surface area (Å²) in [5.74, 6) is -0.279. The van der Waals surface area contributed by atoms with Crippen molar-refractivity contribution in [2.75, 3.05) is 17.6 Å². The third-order valence-electron chi connectivity index (χ3n) is 8.00. The van der Waals surface area contributed by atoms with Gasteiger partial charge in [0.1, 0.15) is 18.5 Å². The number of rotatable bonds is 8. The Kier molecular flexibility index (Phi) is 9.56. The third kappa shape index (κ3) is 6.52. The van der Waals surface area contributed by atoms with Crippen LogP contribution in [0.15, 0.2) is 59.8 Å². The van der Waals surface area contributed by atoms with E-state index in [2.05, 4.69) is 30.7 Å². The topological polar surface area (TPSA) is 155 Å². The first-order valence-electron chi connectivity index (χ1n) is 14.5. The molecule has 46 heavy (non-hydrogen) atoms. The molecule has 1 atom stereocenters. The number of esters is 1. The Labute approximate surface area is 275 Å². The van der Waals surface area contributed by atoms with Crippen molar-refractivity contribution < 1.29 is 13.9 Å². The molecule has 2 aliphatic rings. The Morgan fingerprint density at radius 3 is 2.70 bits per heavy atom. The van der Waals surface area contributed by atoms with Gasteiger partial charge in [-0.3, -0.25) is 18.8 Å². The van der Waals surface area contributed by atoms with E-state index in [-0.39, 0.29) is 54.5 Å². The summed E-state index contributed by atoms with van der Waals surface area (Å²) >= 11 is 0. The minimum atomic E-state index is -0.559. The lowest BCUT2D eigenvalue weighted by Gasteiger charge is -2.18. The zero-order valence-corrected chi connectivity index (χ0v) is 26.4. The van der Waals surface area contributed by atoms with E-state index in [0.29, 0.717) is 40.2 Å². The number of nitrogen functional groups attached to an aromatic ring is 1. The highest BCUT2D eigenvalue weighted by Gasteiger charge is 2.27. The van der Waals surface area contributed by atoms with E-state index in [0.717, 1.165) is 31.4 Å². The smallest absolute Gasteiger partial charge is 0.323 e. The number of carbonyl (C=O) groups excluding carboxylic acids is 1. The van der Waals surface area contributed by atoms with Crippen LogP contribution < -0.4 is 21.9 Å². The zero-order valence-electron chi connectivity index (χ0n) is 24.8. The van der Waals surface area contributed by atoms with Gasteiger partial charge in [-0.1, -0.05) is 18.2 Å². The first kappa shape index (κ1) is 32.8. The summed E-state index contributed by atoms with van der Waals surface area (Å²) in [5.41, 5.74) is 8.43. The standard InChI is InChI=1S/C31H30FN9O3.2ClH/c1-40-15-20(14-35-40)36-31-38-27(37-30(33)39-31)21-4-2-6-25(22(21)16-44-29(43)24-5-3-10-34-24)41-11-9-18-12-19(17-7-8-17)13-23(32)26(18)28(41)42;;/h2,4,6,9,11-15,17,24,34H,3,5,7-8,10,16H2,1H3,(H3,33,36,37,38,39);2*1H/t24-;;/m0../s1. The van der Waals surface area contributed by atoms with Crippen molar-refractivity contribution in [2.45, 2.75) is 44.2 Å². The highest BCUT2D eigenvalue weighted by Crippen LogP contribution is 2.41. The number of nitrogens with two attached hydrogens (primary N) is 1. The van der Waals surface area contributed by atoms with Gasteiger partial charge in [-0.2, -0.15) is 20.1 Å². The SMILES string of the molecule is Cl.Cl.Cn1cc(Nc2nc(N)nc(-c3cccc(-n4ccc5cc(C6CC6)cc(F)c5c4=O)c3COC(=O)[C@@H]3CCCN3)n2)cn1. The maximum Gasteiger partial charge on any atom is 0.323 e. The van der Waals surface area contributed by atoms with Crippen LogP contribution in [0.4, 0.5) is 22.0 Å². The fraction of sp³-hybridized carbons (Fsp3) is 0.290. The lowest BCUT2D eigenvalue weighted by atomic mass is 10.0. The number of hydrogen-bond acceptors (Lipinski definition) is 10. The number of ether oxygens (including phenoxy) is 1. The molecule has 4 N–H and O–H groups in total. The molecule has 240 valence electrons. The number of nitrogens with zero attached hydrogens (tertiary/aromatic N) is 6. The molecule has 5 aromatic rings. The molecule has 12 nitrogen and oxygen atoms in total. The number of anilines is 3. The first-order chi connectivity index (χ1) is 21.3. The molecule has 1 saturated carbocycles. The Bertz CT molecular complexity index is 1970. The number of pyridine rings is 1. The summed E-state index contributed by atoms with van der Waals surface area (Å²) in [6, 6.07) is 9.86. The molecule has 1 saturated heterocycles. The Morgan fingerprint density at radius 1 is 1.15 bits per heavy atom. The minimum absolute atomic E-state index is 0. The first-order valence-corrected chi connectivity index (χ1v) is 14.5. The molecule has 2 aromatic carbocycles. The summed E-state index contributed by atoms with van der Waals surface area (Å²) in [6.07, 6.45) is 8.57. The molecule has 1 aliphatic carbocycles. The van der Waals surface area contributed by atoms with Gasteiger partial charge in [0.25, 0.3) is 5.56 Å².